The highest BCUT2D eigenvalue weighted by atomic mass is 16.4. The molecule has 90 valence electrons. The molecular formula is C12H23O3-. The number of carboxylic acids is 1. The first-order chi connectivity index (χ1) is 7.16. The van der Waals surface area contributed by atoms with Gasteiger partial charge < -0.3 is 15.0 Å². The van der Waals surface area contributed by atoms with Gasteiger partial charge in [0.1, 0.15) is 0 Å². The van der Waals surface area contributed by atoms with Crippen LogP contribution < -0.4 is 5.11 Å². The number of aliphatic carboxylic acids is 1. The SMILES string of the molecule is CCCCCCCC(O)CCCC(=O)[O-]. The van der Waals surface area contributed by atoms with E-state index in [0.717, 1.165) is 12.8 Å². The molecule has 1 atom stereocenters. The van der Waals surface area contributed by atoms with Crippen molar-refractivity contribution in [2.24, 2.45) is 0 Å². The van der Waals surface area contributed by atoms with E-state index < -0.39 is 5.97 Å². The van der Waals surface area contributed by atoms with Crippen LogP contribution in [-0.4, -0.2) is 17.2 Å². The van der Waals surface area contributed by atoms with Gasteiger partial charge in [-0.15, -0.1) is 0 Å². The number of rotatable bonds is 10. The van der Waals surface area contributed by atoms with Crippen LogP contribution >= 0.6 is 0 Å². The monoisotopic (exact) mass is 215 g/mol. The van der Waals surface area contributed by atoms with Gasteiger partial charge in [-0.2, -0.15) is 0 Å². The molecule has 3 nitrogen and oxygen atoms in total. The van der Waals surface area contributed by atoms with Gasteiger partial charge in [0.15, 0.2) is 0 Å². The molecule has 0 saturated heterocycles. The summed E-state index contributed by atoms with van der Waals surface area (Å²) in [6.07, 6.45) is 7.60. The molecule has 0 aromatic carbocycles. The third-order valence-electron chi connectivity index (χ3n) is 2.56. The molecule has 0 fully saturated rings. The van der Waals surface area contributed by atoms with Crippen molar-refractivity contribution in [3.8, 4) is 0 Å². The van der Waals surface area contributed by atoms with Crippen LogP contribution in [0.4, 0.5) is 0 Å². The van der Waals surface area contributed by atoms with Crippen LogP contribution in [0.5, 0.6) is 0 Å². The Morgan fingerprint density at radius 1 is 1.13 bits per heavy atom. The predicted octanol–water partition coefficient (Wildman–Crippen LogP) is 1.63. The van der Waals surface area contributed by atoms with E-state index in [1.807, 2.05) is 0 Å². The Balaban J connectivity index is 3.18. The van der Waals surface area contributed by atoms with Crippen molar-refractivity contribution < 1.29 is 15.0 Å². The van der Waals surface area contributed by atoms with Crippen molar-refractivity contribution in [3.63, 3.8) is 0 Å². The molecule has 0 radical (unpaired) electrons. The van der Waals surface area contributed by atoms with E-state index in [1.165, 1.54) is 25.7 Å². The van der Waals surface area contributed by atoms with Crippen LogP contribution in [0.25, 0.3) is 0 Å². The van der Waals surface area contributed by atoms with E-state index in [-0.39, 0.29) is 12.5 Å². The molecule has 0 aliphatic carbocycles. The number of aliphatic hydroxyl groups is 1. The summed E-state index contributed by atoms with van der Waals surface area (Å²) >= 11 is 0. The quantitative estimate of drug-likeness (QED) is 0.563. The Kier molecular flexibility index (Phi) is 9.59. The first kappa shape index (κ1) is 14.4. The molecule has 0 aromatic heterocycles. The van der Waals surface area contributed by atoms with Gasteiger partial charge in [0.25, 0.3) is 0 Å². The number of carbonyl (C=O) groups excluding carboxylic acids is 1. The minimum atomic E-state index is -1.02. The number of unbranched alkanes of at least 4 members (excludes halogenated alkanes) is 4. The smallest absolute Gasteiger partial charge is 0.0540 e. The zero-order valence-corrected chi connectivity index (χ0v) is 9.71. The fourth-order valence-corrected chi connectivity index (χ4v) is 1.61. The molecule has 1 N–H and O–H groups in total. The number of hydrogen-bond donors (Lipinski definition) is 1. The first-order valence-corrected chi connectivity index (χ1v) is 6.04. The third kappa shape index (κ3) is 11.4. The summed E-state index contributed by atoms with van der Waals surface area (Å²) in [5.74, 6) is -1.02. The first-order valence-electron chi connectivity index (χ1n) is 6.04. The van der Waals surface area contributed by atoms with Gasteiger partial charge in [0, 0.05) is 5.97 Å². The number of aliphatic hydroxyl groups excluding tert-OH is 1. The summed E-state index contributed by atoms with van der Waals surface area (Å²) in [4.78, 5) is 10.1. The van der Waals surface area contributed by atoms with Gasteiger partial charge in [-0.25, -0.2) is 0 Å². The summed E-state index contributed by atoms with van der Waals surface area (Å²) in [5, 5.41) is 19.6. The molecule has 0 saturated carbocycles. The van der Waals surface area contributed by atoms with Crippen LogP contribution in [0.15, 0.2) is 0 Å². The molecule has 0 aromatic rings. The van der Waals surface area contributed by atoms with Crippen molar-refractivity contribution in [1.29, 1.82) is 0 Å². The van der Waals surface area contributed by atoms with Crippen molar-refractivity contribution in [2.75, 3.05) is 0 Å². The van der Waals surface area contributed by atoms with E-state index in [9.17, 15) is 15.0 Å². The molecule has 0 aliphatic rings. The maximum absolute atomic E-state index is 10.1. The van der Waals surface area contributed by atoms with E-state index in [0.29, 0.717) is 12.8 Å². The summed E-state index contributed by atoms with van der Waals surface area (Å²) in [5.41, 5.74) is 0. The molecule has 0 spiro atoms. The molecule has 15 heavy (non-hydrogen) atoms. The molecule has 3 heteroatoms. The van der Waals surface area contributed by atoms with Crippen molar-refractivity contribution in [1.82, 2.24) is 0 Å². The van der Waals surface area contributed by atoms with Crippen LogP contribution in [0.1, 0.15) is 64.7 Å². The van der Waals surface area contributed by atoms with Crippen LogP contribution in [0.2, 0.25) is 0 Å². The lowest BCUT2D eigenvalue weighted by atomic mass is 10.0. The highest BCUT2D eigenvalue weighted by molar-refractivity contribution is 5.64. The average molecular weight is 215 g/mol. The standard InChI is InChI=1S/C12H24O3/c1-2-3-4-5-6-8-11(13)9-7-10-12(14)15/h11,13H,2-10H2,1H3,(H,14,15)/p-1. The zero-order valence-electron chi connectivity index (χ0n) is 9.71. The fraction of sp³-hybridized carbons (Fsp3) is 0.917. The lowest BCUT2D eigenvalue weighted by Crippen LogP contribution is -2.22. The molecule has 0 heterocycles. The minimum Gasteiger partial charge on any atom is -0.550 e. The Labute approximate surface area is 92.5 Å². The van der Waals surface area contributed by atoms with Crippen LogP contribution in [0.3, 0.4) is 0 Å². The normalized spacial score (nSPS) is 12.7. The zero-order chi connectivity index (χ0) is 11.5. The van der Waals surface area contributed by atoms with Crippen LogP contribution in [-0.2, 0) is 4.79 Å². The van der Waals surface area contributed by atoms with E-state index in [4.69, 9.17) is 0 Å². The largest absolute Gasteiger partial charge is 0.550 e. The average Bonchev–Trinajstić information content (AvgIpc) is 2.17. The van der Waals surface area contributed by atoms with Gasteiger partial charge in [0.05, 0.1) is 6.10 Å². The molecule has 0 aliphatic heterocycles. The molecular weight excluding hydrogens is 192 g/mol. The molecule has 0 amide bonds. The maximum Gasteiger partial charge on any atom is 0.0540 e. The minimum absolute atomic E-state index is 0.0624. The lowest BCUT2D eigenvalue weighted by molar-refractivity contribution is -0.305. The lowest BCUT2D eigenvalue weighted by Gasteiger charge is -2.10. The summed E-state index contributed by atoms with van der Waals surface area (Å²) in [6.45, 7) is 2.18. The van der Waals surface area contributed by atoms with Gasteiger partial charge >= 0.3 is 0 Å². The highest BCUT2D eigenvalue weighted by Crippen LogP contribution is 2.11. The van der Waals surface area contributed by atoms with Gasteiger partial charge in [-0.3, -0.25) is 0 Å². The van der Waals surface area contributed by atoms with E-state index in [1.54, 1.807) is 0 Å². The Morgan fingerprint density at radius 2 is 1.73 bits per heavy atom. The number of carbonyl (C=O) groups is 1. The molecule has 1 unspecified atom stereocenters. The summed E-state index contributed by atoms with van der Waals surface area (Å²) in [7, 11) is 0. The molecule has 0 rings (SSSR count). The Morgan fingerprint density at radius 3 is 2.33 bits per heavy atom. The van der Waals surface area contributed by atoms with Crippen LogP contribution in [0, 0.1) is 0 Å². The van der Waals surface area contributed by atoms with E-state index >= 15 is 0 Å². The van der Waals surface area contributed by atoms with Crippen molar-refractivity contribution in [3.05, 3.63) is 0 Å². The highest BCUT2D eigenvalue weighted by Gasteiger charge is 2.03. The van der Waals surface area contributed by atoms with Crippen molar-refractivity contribution in [2.45, 2.75) is 70.8 Å². The Bertz CT molecular complexity index is 157. The topological polar surface area (TPSA) is 60.4 Å². The van der Waals surface area contributed by atoms with Gasteiger partial charge in [-0.05, 0) is 25.7 Å². The number of carboxylic acid groups (broad SMARTS) is 1. The fourth-order valence-electron chi connectivity index (χ4n) is 1.61. The molecule has 0 bridgehead atoms. The second kappa shape index (κ2) is 9.97. The summed E-state index contributed by atoms with van der Waals surface area (Å²) in [6, 6.07) is 0. The van der Waals surface area contributed by atoms with E-state index in [2.05, 4.69) is 6.92 Å². The summed E-state index contributed by atoms with van der Waals surface area (Å²) < 4.78 is 0. The number of hydrogen-bond acceptors (Lipinski definition) is 3. The van der Waals surface area contributed by atoms with Crippen molar-refractivity contribution >= 4 is 5.97 Å². The maximum atomic E-state index is 10.1. The predicted molar refractivity (Wildman–Crippen MR) is 58.2 cm³/mol. The third-order valence-corrected chi connectivity index (χ3v) is 2.56. The van der Waals surface area contributed by atoms with Gasteiger partial charge in [-0.1, -0.05) is 39.0 Å². The van der Waals surface area contributed by atoms with Gasteiger partial charge in [0.2, 0.25) is 0 Å². The second-order valence-electron chi connectivity index (χ2n) is 4.12. The second-order valence-corrected chi connectivity index (χ2v) is 4.12. The Hall–Kier alpha value is -0.570.